The van der Waals surface area contributed by atoms with Crippen molar-refractivity contribution in [2.24, 2.45) is 0 Å². The van der Waals surface area contributed by atoms with Crippen LogP contribution in [0.15, 0.2) is 30.5 Å². The maximum Gasteiger partial charge on any atom is 0.335 e. The second-order valence-corrected chi connectivity index (χ2v) is 4.53. The molecule has 0 fully saturated rings. The molecule has 0 radical (unpaired) electrons. The van der Waals surface area contributed by atoms with Crippen LogP contribution in [-0.4, -0.2) is 33.0 Å². The average Bonchev–Trinajstić information content (AvgIpc) is 2.85. The summed E-state index contributed by atoms with van der Waals surface area (Å²) in [6.45, 7) is 0. The first kappa shape index (κ1) is 14.6. The normalized spacial score (nSPS) is 10.1. The van der Waals surface area contributed by atoms with E-state index in [4.69, 9.17) is 21.8 Å². The summed E-state index contributed by atoms with van der Waals surface area (Å²) in [4.78, 5) is 36.4. The number of anilines is 1. The van der Waals surface area contributed by atoms with E-state index >= 15 is 0 Å². The maximum absolute atomic E-state index is 11.9. The first-order valence-electron chi connectivity index (χ1n) is 5.64. The lowest BCUT2D eigenvalue weighted by atomic mass is 10.1. The number of halogens is 1. The summed E-state index contributed by atoms with van der Waals surface area (Å²) in [6.07, 6.45) is 1.41. The monoisotopic (exact) mass is 308 g/mol. The topological polar surface area (TPSA) is 119 Å². The van der Waals surface area contributed by atoms with Crippen molar-refractivity contribution in [3.8, 4) is 0 Å². The van der Waals surface area contributed by atoms with Crippen molar-refractivity contribution in [3.05, 3.63) is 52.3 Å². The van der Waals surface area contributed by atoms with Gasteiger partial charge in [-0.05, 0) is 24.3 Å². The van der Waals surface area contributed by atoms with Gasteiger partial charge in [0, 0.05) is 11.9 Å². The summed E-state index contributed by atoms with van der Waals surface area (Å²) < 4.78 is 0. The van der Waals surface area contributed by atoms with Gasteiger partial charge in [-0.2, -0.15) is 0 Å². The molecule has 1 amide bonds. The van der Waals surface area contributed by atoms with Gasteiger partial charge >= 0.3 is 11.9 Å². The standard InChI is InChI=1S/C13H9ClN2O5/c14-8-4-10(15-5-8)11(17)16-9-2-6(12(18)19)1-7(3-9)13(20)21/h1-5,15H,(H,16,17)(H,18,19)(H,20,21). The zero-order valence-electron chi connectivity index (χ0n) is 10.4. The Morgan fingerprint density at radius 1 is 1.00 bits per heavy atom. The van der Waals surface area contributed by atoms with Gasteiger partial charge in [0.05, 0.1) is 16.1 Å². The van der Waals surface area contributed by atoms with E-state index in [1.165, 1.54) is 12.3 Å². The molecule has 4 N–H and O–H groups in total. The molecule has 0 atom stereocenters. The number of hydrogen-bond acceptors (Lipinski definition) is 3. The Labute approximate surface area is 123 Å². The van der Waals surface area contributed by atoms with Crippen LogP contribution >= 0.6 is 11.6 Å². The molecular weight excluding hydrogens is 300 g/mol. The van der Waals surface area contributed by atoms with Crippen LogP contribution in [0.3, 0.4) is 0 Å². The molecule has 7 nitrogen and oxygen atoms in total. The number of carboxylic acids is 2. The van der Waals surface area contributed by atoms with E-state index in [1.807, 2.05) is 0 Å². The Bertz CT molecular complexity index is 706. The largest absolute Gasteiger partial charge is 0.478 e. The lowest BCUT2D eigenvalue weighted by Crippen LogP contribution is -2.13. The Kier molecular flexibility index (Phi) is 3.95. The van der Waals surface area contributed by atoms with Crippen molar-refractivity contribution in [2.45, 2.75) is 0 Å². The molecule has 21 heavy (non-hydrogen) atoms. The molecule has 8 heteroatoms. The minimum Gasteiger partial charge on any atom is -0.478 e. The van der Waals surface area contributed by atoms with Gasteiger partial charge < -0.3 is 20.5 Å². The van der Waals surface area contributed by atoms with Gasteiger partial charge in [0.2, 0.25) is 0 Å². The van der Waals surface area contributed by atoms with Crippen LogP contribution in [0.2, 0.25) is 5.02 Å². The number of aromatic nitrogens is 1. The summed E-state index contributed by atoms with van der Waals surface area (Å²) in [5, 5.41) is 20.6. The zero-order valence-corrected chi connectivity index (χ0v) is 11.1. The zero-order chi connectivity index (χ0) is 15.6. The molecule has 0 aliphatic rings. The number of rotatable bonds is 4. The SMILES string of the molecule is O=C(O)c1cc(NC(=O)c2cc(Cl)c[nH]2)cc(C(=O)O)c1. The number of carbonyl (C=O) groups is 3. The number of amides is 1. The molecular formula is C13H9ClN2O5. The highest BCUT2D eigenvalue weighted by molar-refractivity contribution is 6.31. The molecule has 0 bridgehead atoms. The Hall–Kier alpha value is -2.80. The Balaban J connectivity index is 2.32. The van der Waals surface area contributed by atoms with Crippen LogP contribution in [0.4, 0.5) is 5.69 Å². The highest BCUT2D eigenvalue weighted by Gasteiger charge is 2.14. The molecule has 2 aromatic rings. The van der Waals surface area contributed by atoms with Crippen molar-refractivity contribution in [1.82, 2.24) is 4.98 Å². The van der Waals surface area contributed by atoms with Crippen molar-refractivity contribution in [2.75, 3.05) is 5.32 Å². The average molecular weight is 309 g/mol. The molecule has 0 aliphatic heterocycles. The van der Waals surface area contributed by atoms with Crippen molar-refractivity contribution < 1.29 is 24.6 Å². The number of aromatic carboxylic acids is 2. The lowest BCUT2D eigenvalue weighted by Gasteiger charge is -2.07. The molecule has 0 saturated carbocycles. The van der Waals surface area contributed by atoms with Gasteiger partial charge in [0.25, 0.3) is 5.91 Å². The van der Waals surface area contributed by atoms with Gasteiger partial charge in [0.1, 0.15) is 5.69 Å². The lowest BCUT2D eigenvalue weighted by molar-refractivity contribution is 0.0696. The number of aromatic amines is 1. The fourth-order valence-electron chi connectivity index (χ4n) is 1.64. The third-order valence-electron chi connectivity index (χ3n) is 2.58. The molecule has 0 aliphatic carbocycles. The van der Waals surface area contributed by atoms with Gasteiger partial charge in [-0.1, -0.05) is 11.6 Å². The van der Waals surface area contributed by atoms with E-state index < -0.39 is 17.8 Å². The molecule has 0 saturated heterocycles. The van der Waals surface area contributed by atoms with E-state index in [1.54, 1.807) is 0 Å². The first-order valence-corrected chi connectivity index (χ1v) is 6.01. The summed E-state index contributed by atoms with van der Waals surface area (Å²) in [5.41, 5.74) is -0.259. The van der Waals surface area contributed by atoms with Crippen molar-refractivity contribution >= 4 is 35.1 Å². The van der Waals surface area contributed by atoms with Crippen LogP contribution < -0.4 is 5.32 Å². The molecule has 108 valence electrons. The number of hydrogen-bond donors (Lipinski definition) is 4. The van der Waals surface area contributed by atoms with Crippen molar-refractivity contribution in [3.63, 3.8) is 0 Å². The Morgan fingerprint density at radius 3 is 2.00 bits per heavy atom. The van der Waals surface area contributed by atoms with E-state index in [0.717, 1.165) is 18.2 Å². The van der Waals surface area contributed by atoms with Crippen LogP contribution in [0.1, 0.15) is 31.2 Å². The second kappa shape index (κ2) is 5.68. The molecule has 1 aromatic heterocycles. The summed E-state index contributed by atoms with van der Waals surface area (Å²) in [5.74, 6) is -3.16. The second-order valence-electron chi connectivity index (χ2n) is 4.10. The quantitative estimate of drug-likeness (QED) is 0.691. The summed E-state index contributed by atoms with van der Waals surface area (Å²) >= 11 is 5.67. The molecule has 0 unspecified atom stereocenters. The van der Waals surface area contributed by atoms with Crippen LogP contribution in [0.25, 0.3) is 0 Å². The minimum atomic E-state index is -1.29. The van der Waals surface area contributed by atoms with E-state index in [-0.39, 0.29) is 22.5 Å². The van der Waals surface area contributed by atoms with E-state index in [9.17, 15) is 14.4 Å². The fraction of sp³-hybridized carbons (Fsp3) is 0. The van der Waals surface area contributed by atoms with Crippen molar-refractivity contribution in [1.29, 1.82) is 0 Å². The van der Waals surface area contributed by atoms with Gasteiger partial charge in [-0.15, -0.1) is 0 Å². The smallest absolute Gasteiger partial charge is 0.335 e. The van der Waals surface area contributed by atoms with E-state index in [0.29, 0.717) is 5.02 Å². The fourth-order valence-corrected chi connectivity index (χ4v) is 1.81. The molecule has 0 spiro atoms. The predicted molar refractivity (Wildman–Crippen MR) is 74.1 cm³/mol. The Morgan fingerprint density at radius 2 is 1.57 bits per heavy atom. The number of carboxylic acid groups (broad SMARTS) is 2. The van der Waals surface area contributed by atoms with Gasteiger partial charge in [-0.25, -0.2) is 9.59 Å². The number of carbonyl (C=O) groups excluding carboxylic acids is 1. The third-order valence-corrected chi connectivity index (χ3v) is 2.80. The maximum atomic E-state index is 11.9. The highest BCUT2D eigenvalue weighted by atomic mass is 35.5. The number of benzene rings is 1. The minimum absolute atomic E-state index is 0.0584. The highest BCUT2D eigenvalue weighted by Crippen LogP contribution is 2.17. The summed E-state index contributed by atoms with van der Waals surface area (Å²) in [7, 11) is 0. The molecule has 2 rings (SSSR count). The first-order chi connectivity index (χ1) is 9.86. The number of nitrogens with one attached hydrogen (secondary N) is 2. The van der Waals surface area contributed by atoms with Gasteiger partial charge in [0.15, 0.2) is 0 Å². The summed E-state index contributed by atoms with van der Waals surface area (Å²) in [6, 6.07) is 4.72. The van der Waals surface area contributed by atoms with Crippen LogP contribution in [-0.2, 0) is 0 Å². The molecule has 1 heterocycles. The van der Waals surface area contributed by atoms with Gasteiger partial charge in [-0.3, -0.25) is 4.79 Å². The third kappa shape index (κ3) is 3.40. The van der Waals surface area contributed by atoms with E-state index in [2.05, 4.69) is 10.3 Å². The van der Waals surface area contributed by atoms with Crippen LogP contribution in [0, 0.1) is 0 Å². The number of H-pyrrole nitrogens is 1. The van der Waals surface area contributed by atoms with Crippen LogP contribution in [0.5, 0.6) is 0 Å². The predicted octanol–water partition coefficient (Wildman–Crippen LogP) is 2.32. The molecule has 1 aromatic carbocycles.